The first-order chi connectivity index (χ1) is 14.3. The van der Waals surface area contributed by atoms with Crippen molar-refractivity contribution in [2.24, 2.45) is 0 Å². The highest BCUT2D eigenvalue weighted by Gasteiger charge is 2.45. The summed E-state index contributed by atoms with van der Waals surface area (Å²) in [6, 6.07) is 8.48. The summed E-state index contributed by atoms with van der Waals surface area (Å²) in [7, 11) is 0. The molecule has 2 aliphatic rings. The second-order valence-corrected chi connectivity index (χ2v) is 7.60. The van der Waals surface area contributed by atoms with Crippen LogP contribution in [0.4, 0.5) is 4.79 Å². The molecule has 2 aromatic heterocycles. The number of aliphatic hydroxyl groups is 1. The number of hydrogen-bond acceptors (Lipinski definition) is 7. The zero-order valence-corrected chi connectivity index (χ0v) is 16.5. The molecule has 0 saturated carbocycles. The van der Waals surface area contributed by atoms with E-state index in [4.69, 9.17) is 21.1 Å². The number of rotatable bonds is 2. The molecule has 2 aliphatic heterocycles. The fourth-order valence-electron chi connectivity index (χ4n) is 4.11. The van der Waals surface area contributed by atoms with Gasteiger partial charge in [-0.15, -0.1) is 0 Å². The molecule has 5 rings (SSSR count). The summed E-state index contributed by atoms with van der Waals surface area (Å²) in [5.74, 6) is -0.516. The molecular formula is C21H15ClN2O6. The van der Waals surface area contributed by atoms with Gasteiger partial charge < -0.3 is 19.1 Å². The molecule has 0 radical (unpaired) electrons. The van der Waals surface area contributed by atoms with E-state index in [0.29, 0.717) is 23.4 Å². The van der Waals surface area contributed by atoms with Gasteiger partial charge in [-0.1, -0.05) is 6.92 Å². The average Bonchev–Trinajstić information content (AvgIpc) is 3.07. The number of nitrogens with zero attached hydrogens (tertiary/aromatic N) is 2. The van der Waals surface area contributed by atoms with Crippen LogP contribution in [-0.4, -0.2) is 26.1 Å². The first-order valence-electron chi connectivity index (χ1n) is 9.30. The van der Waals surface area contributed by atoms with Crippen LogP contribution in [0.15, 0.2) is 35.1 Å². The standard InChI is InChI=1S/C21H15ClN2O6/c1-2-21(28)14-7-16-17-11(8-24(16)18(25)13(14)9-29-19(21)26)5-10-3-4-12(30-20(22)27)6-15(10)23-17/h3-7,28H,2,8-9H2,1H3. The number of benzene rings is 1. The highest BCUT2D eigenvalue weighted by atomic mass is 35.5. The van der Waals surface area contributed by atoms with E-state index in [1.807, 2.05) is 6.07 Å². The highest BCUT2D eigenvalue weighted by molar-refractivity contribution is 6.61. The second kappa shape index (κ2) is 6.38. The van der Waals surface area contributed by atoms with E-state index in [2.05, 4.69) is 4.98 Å². The molecule has 4 heterocycles. The largest absolute Gasteiger partial charge is 0.458 e. The van der Waals surface area contributed by atoms with Crippen LogP contribution in [0.2, 0.25) is 0 Å². The molecule has 8 nitrogen and oxygen atoms in total. The molecular weight excluding hydrogens is 412 g/mol. The molecule has 1 unspecified atom stereocenters. The molecule has 1 N–H and O–H groups in total. The van der Waals surface area contributed by atoms with Gasteiger partial charge in [0.25, 0.3) is 5.56 Å². The number of halogens is 1. The predicted octanol–water partition coefficient (Wildman–Crippen LogP) is 2.82. The molecule has 0 amide bonds. The second-order valence-electron chi connectivity index (χ2n) is 7.29. The molecule has 152 valence electrons. The van der Waals surface area contributed by atoms with Gasteiger partial charge in [0.2, 0.25) is 0 Å². The van der Waals surface area contributed by atoms with Crippen molar-refractivity contribution < 1.29 is 24.2 Å². The summed E-state index contributed by atoms with van der Waals surface area (Å²) in [6.07, 6.45) is 0.0763. The number of ether oxygens (including phenoxy) is 2. The molecule has 0 aliphatic carbocycles. The Labute approximate surface area is 174 Å². The first-order valence-corrected chi connectivity index (χ1v) is 9.68. The molecule has 1 aromatic carbocycles. The third-order valence-corrected chi connectivity index (χ3v) is 5.76. The lowest BCUT2D eigenvalue weighted by Gasteiger charge is -2.31. The van der Waals surface area contributed by atoms with Crippen molar-refractivity contribution in [3.8, 4) is 17.1 Å². The minimum atomic E-state index is -1.87. The quantitative estimate of drug-likeness (QED) is 0.388. The van der Waals surface area contributed by atoms with Crippen LogP contribution in [-0.2, 0) is 28.3 Å². The predicted molar refractivity (Wildman–Crippen MR) is 106 cm³/mol. The van der Waals surface area contributed by atoms with Crippen molar-refractivity contribution in [3.05, 3.63) is 57.4 Å². The Balaban J connectivity index is 1.72. The lowest BCUT2D eigenvalue weighted by molar-refractivity contribution is -0.172. The smallest absolute Gasteiger partial charge is 0.409 e. The van der Waals surface area contributed by atoms with Crippen LogP contribution in [0.25, 0.3) is 22.3 Å². The normalized spacial score (nSPS) is 19.1. The van der Waals surface area contributed by atoms with E-state index in [1.165, 1.54) is 0 Å². The minimum Gasteiger partial charge on any atom is -0.458 e. The number of cyclic esters (lactones) is 1. The van der Waals surface area contributed by atoms with Crippen molar-refractivity contribution >= 4 is 33.9 Å². The van der Waals surface area contributed by atoms with Gasteiger partial charge in [0.15, 0.2) is 5.60 Å². The van der Waals surface area contributed by atoms with Gasteiger partial charge in [-0.3, -0.25) is 4.79 Å². The first kappa shape index (κ1) is 18.8. The van der Waals surface area contributed by atoms with E-state index in [9.17, 15) is 19.5 Å². The van der Waals surface area contributed by atoms with Gasteiger partial charge in [0, 0.05) is 34.2 Å². The zero-order valence-electron chi connectivity index (χ0n) is 15.8. The molecule has 1 atom stereocenters. The van der Waals surface area contributed by atoms with E-state index in [1.54, 1.807) is 35.8 Å². The number of carbonyl (C=O) groups is 2. The summed E-state index contributed by atoms with van der Waals surface area (Å²) in [5, 5.41) is 11.7. The molecule has 3 aromatic rings. The average molecular weight is 427 g/mol. The molecule has 0 bridgehead atoms. The van der Waals surface area contributed by atoms with Gasteiger partial charge in [0.05, 0.1) is 29.0 Å². The lowest BCUT2D eigenvalue weighted by atomic mass is 9.86. The number of fused-ring (bicyclic) bond motifs is 5. The maximum Gasteiger partial charge on any atom is 0.409 e. The van der Waals surface area contributed by atoms with E-state index >= 15 is 0 Å². The third-order valence-electron chi connectivity index (χ3n) is 5.68. The van der Waals surface area contributed by atoms with E-state index in [-0.39, 0.29) is 35.5 Å². The molecule has 0 fully saturated rings. The Morgan fingerprint density at radius 1 is 1.33 bits per heavy atom. The minimum absolute atomic E-state index is 0.0763. The summed E-state index contributed by atoms with van der Waals surface area (Å²) < 4.78 is 11.5. The Hall–Kier alpha value is -3.23. The van der Waals surface area contributed by atoms with Gasteiger partial charge in [-0.2, -0.15) is 0 Å². The maximum absolute atomic E-state index is 13.1. The van der Waals surface area contributed by atoms with Crippen molar-refractivity contribution in [2.45, 2.75) is 32.1 Å². The Bertz CT molecular complexity index is 1330. The lowest BCUT2D eigenvalue weighted by Crippen LogP contribution is -2.44. The Morgan fingerprint density at radius 2 is 2.13 bits per heavy atom. The van der Waals surface area contributed by atoms with Crippen molar-refractivity contribution in [1.29, 1.82) is 0 Å². The number of aromatic nitrogens is 2. The van der Waals surface area contributed by atoms with Gasteiger partial charge >= 0.3 is 11.4 Å². The SMILES string of the molecule is CCC1(O)C(=O)OCc2c1cc1n(c2=O)Cc2cc3ccc(OC(=O)Cl)cc3nc2-1. The van der Waals surface area contributed by atoms with Crippen LogP contribution in [0.1, 0.15) is 30.0 Å². The van der Waals surface area contributed by atoms with Crippen molar-refractivity contribution in [3.63, 3.8) is 0 Å². The molecule has 9 heteroatoms. The summed E-state index contributed by atoms with van der Waals surface area (Å²) in [6.45, 7) is 1.80. The fraction of sp³-hybridized carbons (Fsp3) is 0.238. The highest BCUT2D eigenvalue weighted by Crippen LogP contribution is 2.38. The van der Waals surface area contributed by atoms with Crippen LogP contribution < -0.4 is 10.3 Å². The maximum atomic E-state index is 13.1. The number of pyridine rings is 2. The zero-order chi connectivity index (χ0) is 21.2. The molecule has 0 saturated heterocycles. The topological polar surface area (TPSA) is 108 Å². The fourth-order valence-corrected chi connectivity index (χ4v) is 4.20. The van der Waals surface area contributed by atoms with Gasteiger partial charge in [0.1, 0.15) is 12.4 Å². The van der Waals surface area contributed by atoms with Gasteiger partial charge in [-0.05, 0) is 30.7 Å². The molecule has 0 spiro atoms. The summed E-state index contributed by atoms with van der Waals surface area (Å²) in [4.78, 5) is 41.0. The van der Waals surface area contributed by atoms with Gasteiger partial charge in [-0.25, -0.2) is 14.6 Å². The van der Waals surface area contributed by atoms with Crippen molar-refractivity contribution in [2.75, 3.05) is 0 Å². The Kier molecular flexibility index (Phi) is 4.00. The monoisotopic (exact) mass is 426 g/mol. The van der Waals surface area contributed by atoms with Crippen LogP contribution in [0.5, 0.6) is 5.75 Å². The van der Waals surface area contributed by atoms with Crippen LogP contribution >= 0.6 is 11.6 Å². The Morgan fingerprint density at radius 3 is 2.87 bits per heavy atom. The third kappa shape index (κ3) is 2.57. The van der Waals surface area contributed by atoms with E-state index in [0.717, 1.165) is 10.9 Å². The summed E-state index contributed by atoms with van der Waals surface area (Å²) >= 11 is 5.28. The summed E-state index contributed by atoms with van der Waals surface area (Å²) in [5.41, 5.74) is -0.154. The number of esters is 1. The van der Waals surface area contributed by atoms with Crippen LogP contribution in [0, 0.1) is 0 Å². The van der Waals surface area contributed by atoms with Crippen LogP contribution in [0.3, 0.4) is 0 Å². The van der Waals surface area contributed by atoms with Crippen molar-refractivity contribution in [1.82, 2.24) is 9.55 Å². The van der Waals surface area contributed by atoms with E-state index < -0.39 is 17.0 Å². The number of hydrogen-bond donors (Lipinski definition) is 1. The molecule has 30 heavy (non-hydrogen) atoms. The number of carbonyl (C=O) groups excluding carboxylic acids is 2.